The van der Waals surface area contributed by atoms with Gasteiger partial charge in [-0.3, -0.25) is 10.1 Å². The van der Waals surface area contributed by atoms with Gasteiger partial charge in [-0.2, -0.15) is 0 Å². The first kappa shape index (κ1) is 9.32. The Morgan fingerprint density at radius 3 is 2.93 bits per heavy atom. The number of amides is 1. The highest BCUT2D eigenvalue weighted by Gasteiger charge is 2.10. The van der Waals surface area contributed by atoms with Gasteiger partial charge in [0.05, 0.1) is 5.69 Å². The van der Waals surface area contributed by atoms with Gasteiger partial charge in [-0.25, -0.2) is 0 Å². The summed E-state index contributed by atoms with van der Waals surface area (Å²) in [6, 6.07) is 3.17. The normalized spacial score (nSPS) is 10.2. The third-order valence-electron chi connectivity index (χ3n) is 1.81. The van der Waals surface area contributed by atoms with Crippen LogP contribution in [0.3, 0.4) is 0 Å². The lowest BCUT2D eigenvalue weighted by Gasteiger charge is -1.96. The number of H-pyrrole nitrogens is 1. The fraction of sp³-hybridized carbons (Fsp3) is 0.111. The molecule has 0 aliphatic rings. The Kier molecular flexibility index (Phi) is 2.17. The molecular formula is C9H10N4O2. The number of aryl methyl sites for hydroxylation is 1. The first-order chi connectivity index (χ1) is 7.15. The van der Waals surface area contributed by atoms with Crippen molar-refractivity contribution in [3.05, 3.63) is 29.7 Å². The predicted molar refractivity (Wildman–Crippen MR) is 54.4 cm³/mol. The second kappa shape index (κ2) is 3.49. The van der Waals surface area contributed by atoms with E-state index in [1.165, 1.54) is 0 Å². The average Bonchev–Trinajstić information content (AvgIpc) is 2.75. The Labute approximate surface area is 85.4 Å². The van der Waals surface area contributed by atoms with E-state index in [4.69, 9.17) is 10.3 Å². The topological polar surface area (TPSA) is 96.9 Å². The molecule has 0 unspecified atom stereocenters. The molecule has 2 aromatic rings. The molecule has 0 saturated carbocycles. The molecule has 0 aromatic carbocycles. The second-order valence-corrected chi connectivity index (χ2v) is 3.13. The molecule has 4 N–H and O–H groups in total. The highest BCUT2D eigenvalue weighted by atomic mass is 16.5. The van der Waals surface area contributed by atoms with E-state index in [0.717, 1.165) is 0 Å². The molecule has 2 aromatic heterocycles. The molecule has 6 nitrogen and oxygen atoms in total. The maximum Gasteiger partial charge on any atom is 0.274 e. The molecule has 15 heavy (non-hydrogen) atoms. The van der Waals surface area contributed by atoms with Crippen LogP contribution < -0.4 is 11.1 Å². The zero-order chi connectivity index (χ0) is 10.8. The molecule has 6 heteroatoms. The van der Waals surface area contributed by atoms with E-state index in [0.29, 0.717) is 23.0 Å². The summed E-state index contributed by atoms with van der Waals surface area (Å²) in [6.07, 6.45) is 1.54. The average molecular weight is 206 g/mol. The van der Waals surface area contributed by atoms with Crippen LogP contribution in [0, 0.1) is 6.92 Å². The van der Waals surface area contributed by atoms with Crippen LogP contribution in [0.1, 0.15) is 16.2 Å². The van der Waals surface area contributed by atoms with Crippen molar-refractivity contribution in [2.24, 2.45) is 0 Å². The number of carbonyl (C=O) groups is 1. The van der Waals surface area contributed by atoms with Crippen LogP contribution in [-0.4, -0.2) is 16.0 Å². The third-order valence-corrected chi connectivity index (χ3v) is 1.81. The number of rotatable bonds is 2. The zero-order valence-electron chi connectivity index (χ0n) is 8.07. The van der Waals surface area contributed by atoms with Gasteiger partial charge in [0.15, 0.2) is 0 Å². The standard InChI is InChI=1S/C9H10N4O2/c1-5-2-8(15-13-5)12-9(14)7-3-6(10)4-11-7/h2-4,11H,10H2,1H3,(H,12,14). The van der Waals surface area contributed by atoms with Crippen molar-refractivity contribution < 1.29 is 9.32 Å². The quantitative estimate of drug-likeness (QED) is 0.686. The minimum absolute atomic E-state index is 0.311. The number of nitrogens with one attached hydrogen (secondary N) is 2. The third kappa shape index (κ3) is 1.98. The Morgan fingerprint density at radius 1 is 1.60 bits per heavy atom. The summed E-state index contributed by atoms with van der Waals surface area (Å²) >= 11 is 0. The first-order valence-corrected chi connectivity index (χ1v) is 4.34. The largest absolute Gasteiger partial charge is 0.397 e. The summed E-state index contributed by atoms with van der Waals surface area (Å²) in [6.45, 7) is 1.77. The summed E-state index contributed by atoms with van der Waals surface area (Å²) in [5.74, 6) is -0.00600. The smallest absolute Gasteiger partial charge is 0.274 e. The molecule has 0 atom stereocenters. The lowest BCUT2D eigenvalue weighted by atomic mass is 10.4. The number of anilines is 2. The maximum atomic E-state index is 11.6. The van der Waals surface area contributed by atoms with Gasteiger partial charge in [0.25, 0.3) is 5.91 Å². The fourth-order valence-electron chi connectivity index (χ4n) is 1.14. The van der Waals surface area contributed by atoms with Gasteiger partial charge in [0, 0.05) is 18.0 Å². The zero-order valence-corrected chi connectivity index (χ0v) is 8.07. The molecule has 0 radical (unpaired) electrons. The molecule has 0 aliphatic carbocycles. The molecule has 2 heterocycles. The van der Waals surface area contributed by atoms with E-state index in [2.05, 4.69) is 15.5 Å². The molecule has 0 bridgehead atoms. The highest BCUT2D eigenvalue weighted by Crippen LogP contribution is 2.11. The van der Waals surface area contributed by atoms with E-state index in [1.807, 2.05) is 0 Å². The monoisotopic (exact) mass is 206 g/mol. The Bertz CT molecular complexity index is 486. The number of nitrogens with two attached hydrogens (primary N) is 1. The summed E-state index contributed by atoms with van der Waals surface area (Å²) in [5, 5.41) is 6.18. The predicted octanol–water partition coefficient (Wildman–Crippen LogP) is 1.15. The van der Waals surface area contributed by atoms with Crippen molar-refractivity contribution in [2.45, 2.75) is 6.92 Å². The van der Waals surface area contributed by atoms with Crippen LogP contribution in [-0.2, 0) is 0 Å². The molecule has 78 valence electrons. The molecule has 1 amide bonds. The fourth-order valence-corrected chi connectivity index (χ4v) is 1.14. The van der Waals surface area contributed by atoms with Crippen molar-refractivity contribution in [1.29, 1.82) is 0 Å². The van der Waals surface area contributed by atoms with Gasteiger partial charge in [-0.15, -0.1) is 0 Å². The summed E-state index contributed by atoms with van der Waals surface area (Å²) in [5.41, 5.74) is 7.06. The maximum absolute atomic E-state index is 11.6. The summed E-state index contributed by atoms with van der Waals surface area (Å²) in [7, 11) is 0. The summed E-state index contributed by atoms with van der Waals surface area (Å²) in [4.78, 5) is 14.3. The molecular weight excluding hydrogens is 196 g/mol. The molecule has 0 fully saturated rings. The van der Waals surface area contributed by atoms with E-state index in [9.17, 15) is 4.79 Å². The van der Waals surface area contributed by atoms with Crippen molar-refractivity contribution in [3.63, 3.8) is 0 Å². The molecule has 2 rings (SSSR count). The molecule has 0 spiro atoms. The number of hydrogen-bond acceptors (Lipinski definition) is 4. The van der Waals surface area contributed by atoms with Crippen LogP contribution >= 0.6 is 0 Å². The lowest BCUT2D eigenvalue weighted by molar-refractivity contribution is 0.101. The van der Waals surface area contributed by atoms with E-state index in [1.54, 1.807) is 25.3 Å². The highest BCUT2D eigenvalue weighted by molar-refractivity contribution is 6.02. The first-order valence-electron chi connectivity index (χ1n) is 4.34. The van der Waals surface area contributed by atoms with Gasteiger partial charge < -0.3 is 15.2 Å². The molecule has 0 aliphatic heterocycles. The van der Waals surface area contributed by atoms with Crippen LogP contribution in [0.5, 0.6) is 0 Å². The Balaban J connectivity index is 2.10. The van der Waals surface area contributed by atoms with Gasteiger partial charge >= 0.3 is 0 Å². The molecule has 0 saturated heterocycles. The number of nitrogens with zero attached hydrogens (tertiary/aromatic N) is 1. The van der Waals surface area contributed by atoms with Crippen LogP contribution in [0.25, 0.3) is 0 Å². The minimum atomic E-state index is -0.317. The van der Waals surface area contributed by atoms with E-state index >= 15 is 0 Å². The van der Waals surface area contributed by atoms with Gasteiger partial charge in [-0.05, 0) is 13.0 Å². The number of hydrogen-bond donors (Lipinski definition) is 3. The van der Waals surface area contributed by atoms with E-state index in [-0.39, 0.29) is 5.91 Å². The van der Waals surface area contributed by atoms with Crippen LogP contribution in [0.4, 0.5) is 11.6 Å². The minimum Gasteiger partial charge on any atom is -0.397 e. The Morgan fingerprint density at radius 2 is 2.40 bits per heavy atom. The Hall–Kier alpha value is -2.24. The number of aromatic nitrogens is 2. The van der Waals surface area contributed by atoms with Crippen LogP contribution in [0.2, 0.25) is 0 Å². The van der Waals surface area contributed by atoms with Gasteiger partial charge in [0.2, 0.25) is 5.88 Å². The van der Waals surface area contributed by atoms with Crippen molar-refractivity contribution in [1.82, 2.24) is 10.1 Å². The van der Waals surface area contributed by atoms with Gasteiger partial charge in [-0.1, -0.05) is 5.16 Å². The lowest BCUT2D eigenvalue weighted by Crippen LogP contribution is -2.11. The second-order valence-electron chi connectivity index (χ2n) is 3.13. The van der Waals surface area contributed by atoms with Gasteiger partial charge in [0.1, 0.15) is 5.69 Å². The SMILES string of the molecule is Cc1cc(NC(=O)c2cc(N)c[nH]2)on1. The number of carbonyl (C=O) groups excluding carboxylic acids is 1. The van der Waals surface area contributed by atoms with Crippen molar-refractivity contribution in [3.8, 4) is 0 Å². The van der Waals surface area contributed by atoms with Crippen molar-refractivity contribution in [2.75, 3.05) is 11.1 Å². The van der Waals surface area contributed by atoms with E-state index < -0.39 is 0 Å². The number of aromatic amines is 1. The summed E-state index contributed by atoms with van der Waals surface area (Å²) < 4.78 is 4.84. The van der Waals surface area contributed by atoms with Crippen LogP contribution in [0.15, 0.2) is 22.9 Å². The van der Waals surface area contributed by atoms with Crippen molar-refractivity contribution >= 4 is 17.5 Å². The number of nitrogen functional groups attached to an aromatic ring is 1.